The van der Waals surface area contributed by atoms with E-state index in [9.17, 15) is 13.2 Å². The highest BCUT2D eigenvalue weighted by atomic mass is 32.2. The molecule has 0 spiro atoms. The van der Waals surface area contributed by atoms with Crippen LogP contribution in [0, 0.1) is 5.92 Å². The van der Waals surface area contributed by atoms with Crippen LogP contribution < -0.4 is 5.32 Å². The summed E-state index contributed by atoms with van der Waals surface area (Å²) in [5.41, 5.74) is 1.23. The lowest BCUT2D eigenvalue weighted by Gasteiger charge is -2.29. The smallest absolute Gasteiger partial charge is 0.256 e. The van der Waals surface area contributed by atoms with E-state index in [0.29, 0.717) is 45.9 Å². The Morgan fingerprint density at radius 3 is 2.61 bits per heavy atom. The fourth-order valence-electron chi connectivity index (χ4n) is 3.45. The van der Waals surface area contributed by atoms with E-state index in [1.165, 1.54) is 0 Å². The van der Waals surface area contributed by atoms with Crippen LogP contribution in [0.1, 0.15) is 30.1 Å². The normalized spacial score (nSPS) is 19.3. The topological polar surface area (TPSA) is 66.5 Å². The number of carbonyl (C=O) groups excluding carboxylic acids is 1. The number of sulfonamides is 1. The third kappa shape index (κ3) is 2.16. The number of anilines is 1. The molecule has 120 valence electrons. The summed E-state index contributed by atoms with van der Waals surface area (Å²) in [6.07, 6.45) is 1.78. The van der Waals surface area contributed by atoms with Crippen molar-refractivity contribution in [3.05, 3.63) is 35.9 Å². The Hall–Kier alpha value is -1.92. The van der Waals surface area contributed by atoms with E-state index in [-0.39, 0.29) is 5.91 Å². The predicted molar refractivity (Wildman–Crippen MR) is 89.1 cm³/mol. The molecular formula is C17H18N2O3S. The van der Waals surface area contributed by atoms with Gasteiger partial charge in [0.15, 0.2) is 0 Å². The quantitative estimate of drug-likeness (QED) is 0.921. The van der Waals surface area contributed by atoms with Crippen molar-refractivity contribution in [3.63, 3.8) is 0 Å². The van der Waals surface area contributed by atoms with Gasteiger partial charge in [0.25, 0.3) is 5.91 Å². The number of nitrogens with one attached hydrogen (secondary N) is 1. The lowest BCUT2D eigenvalue weighted by Crippen LogP contribution is -2.37. The molecule has 0 radical (unpaired) electrons. The van der Waals surface area contributed by atoms with E-state index in [1.54, 1.807) is 34.6 Å². The van der Waals surface area contributed by atoms with Crippen LogP contribution in [-0.4, -0.2) is 31.7 Å². The molecule has 0 unspecified atom stereocenters. The van der Waals surface area contributed by atoms with Crippen LogP contribution in [-0.2, 0) is 10.0 Å². The maximum Gasteiger partial charge on any atom is 0.256 e. The van der Waals surface area contributed by atoms with Crippen LogP contribution in [0.4, 0.5) is 5.69 Å². The summed E-state index contributed by atoms with van der Waals surface area (Å²) in [4.78, 5) is 12.3. The molecule has 2 aromatic rings. The average molecular weight is 330 g/mol. The molecule has 2 aliphatic heterocycles. The summed E-state index contributed by atoms with van der Waals surface area (Å²) in [7, 11) is -3.54. The largest absolute Gasteiger partial charge is 0.321 e. The van der Waals surface area contributed by atoms with Crippen LogP contribution in [0.3, 0.4) is 0 Å². The van der Waals surface area contributed by atoms with Crippen LogP contribution in [0.2, 0.25) is 0 Å². The minimum atomic E-state index is -3.54. The molecule has 1 amide bonds. The molecule has 2 aromatic carbocycles. The first-order valence-electron chi connectivity index (χ1n) is 7.86. The zero-order valence-corrected chi connectivity index (χ0v) is 13.7. The fourth-order valence-corrected chi connectivity index (χ4v) is 5.11. The van der Waals surface area contributed by atoms with Gasteiger partial charge in [0.05, 0.1) is 4.90 Å². The lowest BCUT2D eigenvalue weighted by atomic mass is 10.0. The van der Waals surface area contributed by atoms with Gasteiger partial charge in [-0.3, -0.25) is 4.79 Å². The molecular weight excluding hydrogens is 312 g/mol. The van der Waals surface area contributed by atoms with E-state index < -0.39 is 10.0 Å². The van der Waals surface area contributed by atoms with Crippen molar-refractivity contribution in [2.75, 3.05) is 18.4 Å². The summed E-state index contributed by atoms with van der Waals surface area (Å²) >= 11 is 0. The molecule has 2 aliphatic rings. The summed E-state index contributed by atoms with van der Waals surface area (Å²) < 4.78 is 27.7. The number of amides is 1. The molecule has 0 aliphatic carbocycles. The Balaban J connectivity index is 1.87. The summed E-state index contributed by atoms with van der Waals surface area (Å²) in [5, 5.41) is 4.12. The molecule has 2 heterocycles. The van der Waals surface area contributed by atoms with Crippen molar-refractivity contribution in [2.24, 2.45) is 5.92 Å². The molecule has 0 atom stereocenters. The van der Waals surface area contributed by atoms with E-state index in [2.05, 4.69) is 12.2 Å². The molecule has 0 saturated carbocycles. The van der Waals surface area contributed by atoms with Gasteiger partial charge in [-0.25, -0.2) is 8.42 Å². The van der Waals surface area contributed by atoms with Crippen molar-refractivity contribution in [3.8, 4) is 0 Å². The standard InChI is InChI=1S/C17H18N2O3S/c1-11-7-9-19(10-8-11)23(21,22)15-6-5-14-16-12(15)3-2-4-13(16)17(20)18-14/h2-6,11H,7-10H2,1H3,(H,18,20). The third-order valence-electron chi connectivity index (χ3n) is 4.85. The van der Waals surface area contributed by atoms with Gasteiger partial charge in [-0.2, -0.15) is 4.31 Å². The van der Waals surface area contributed by atoms with Crippen LogP contribution >= 0.6 is 0 Å². The van der Waals surface area contributed by atoms with Crippen molar-refractivity contribution in [2.45, 2.75) is 24.7 Å². The van der Waals surface area contributed by atoms with Gasteiger partial charge >= 0.3 is 0 Å². The highest BCUT2D eigenvalue weighted by molar-refractivity contribution is 7.89. The second-order valence-corrected chi connectivity index (χ2v) is 8.29. The Kier molecular flexibility index (Phi) is 3.21. The first kappa shape index (κ1) is 14.7. The van der Waals surface area contributed by atoms with Gasteiger partial charge in [0, 0.05) is 35.1 Å². The van der Waals surface area contributed by atoms with Gasteiger partial charge < -0.3 is 5.32 Å². The molecule has 1 N–H and O–H groups in total. The predicted octanol–water partition coefficient (Wildman–Crippen LogP) is 2.83. The number of piperidine rings is 1. The number of hydrogen-bond donors (Lipinski definition) is 1. The molecule has 0 aromatic heterocycles. The van der Waals surface area contributed by atoms with Crippen molar-refractivity contribution in [1.29, 1.82) is 0 Å². The minimum absolute atomic E-state index is 0.174. The van der Waals surface area contributed by atoms with Gasteiger partial charge in [0.2, 0.25) is 10.0 Å². The highest BCUT2D eigenvalue weighted by Crippen LogP contribution is 2.37. The fraction of sp³-hybridized carbons (Fsp3) is 0.353. The lowest BCUT2D eigenvalue weighted by molar-refractivity contribution is 0.103. The molecule has 23 heavy (non-hydrogen) atoms. The van der Waals surface area contributed by atoms with Crippen molar-refractivity contribution >= 4 is 32.4 Å². The first-order valence-corrected chi connectivity index (χ1v) is 9.30. The van der Waals surface area contributed by atoms with Crippen LogP contribution in [0.25, 0.3) is 10.8 Å². The summed E-state index contributed by atoms with van der Waals surface area (Å²) in [6.45, 7) is 3.27. The van der Waals surface area contributed by atoms with Gasteiger partial charge in [-0.1, -0.05) is 19.1 Å². The van der Waals surface area contributed by atoms with E-state index >= 15 is 0 Å². The first-order chi connectivity index (χ1) is 11.0. The molecule has 5 nitrogen and oxygen atoms in total. The molecule has 1 fully saturated rings. The number of benzene rings is 2. The van der Waals surface area contributed by atoms with Gasteiger partial charge in [-0.15, -0.1) is 0 Å². The monoisotopic (exact) mass is 330 g/mol. The van der Waals surface area contributed by atoms with Crippen molar-refractivity contribution in [1.82, 2.24) is 4.31 Å². The Morgan fingerprint density at radius 1 is 1.13 bits per heavy atom. The molecule has 0 bridgehead atoms. The second kappa shape index (κ2) is 5.04. The maximum absolute atomic E-state index is 13.1. The SMILES string of the molecule is CC1CCN(S(=O)(=O)c2ccc3c4c(cccc24)C(=O)N3)CC1. The third-order valence-corrected chi connectivity index (χ3v) is 6.81. The number of hydrogen-bond acceptors (Lipinski definition) is 3. The minimum Gasteiger partial charge on any atom is -0.321 e. The zero-order chi connectivity index (χ0) is 16.2. The van der Waals surface area contributed by atoms with E-state index in [0.717, 1.165) is 12.8 Å². The number of nitrogens with zero attached hydrogens (tertiary/aromatic N) is 1. The van der Waals surface area contributed by atoms with Gasteiger partial charge in [0.1, 0.15) is 0 Å². The zero-order valence-electron chi connectivity index (χ0n) is 12.9. The van der Waals surface area contributed by atoms with E-state index in [4.69, 9.17) is 0 Å². The average Bonchev–Trinajstić information content (AvgIpc) is 2.86. The highest BCUT2D eigenvalue weighted by Gasteiger charge is 2.31. The second-order valence-electron chi connectivity index (χ2n) is 6.38. The summed E-state index contributed by atoms with van der Waals surface area (Å²) in [5.74, 6) is 0.392. The van der Waals surface area contributed by atoms with Gasteiger partial charge in [-0.05, 0) is 37.0 Å². The Bertz CT molecular complexity index is 913. The molecule has 6 heteroatoms. The number of rotatable bonds is 2. The Morgan fingerprint density at radius 2 is 1.87 bits per heavy atom. The number of carbonyl (C=O) groups is 1. The molecule has 4 rings (SSSR count). The van der Waals surface area contributed by atoms with Crippen LogP contribution in [0.5, 0.6) is 0 Å². The summed E-state index contributed by atoms with van der Waals surface area (Å²) in [6, 6.07) is 8.55. The maximum atomic E-state index is 13.1. The van der Waals surface area contributed by atoms with Crippen LogP contribution in [0.15, 0.2) is 35.2 Å². The van der Waals surface area contributed by atoms with Crippen molar-refractivity contribution < 1.29 is 13.2 Å². The molecule has 1 saturated heterocycles. The Labute approximate surface area is 135 Å². The van der Waals surface area contributed by atoms with E-state index in [1.807, 2.05) is 0 Å².